The molecule has 4 rings (SSSR count). The number of aliphatic hydroxyl groups excluding tert-OH is 1. The summed E-state index contributed by atoms with van der Waals surface area (Å²) in [5.74, 6) is 2.32. The first kappa shape index (κ1) is 17.5. The Bertz CT molecular complexity index is 650. The van der Waals surface area contributed by atoms with Gasteiger partial charge in [0, 0.05) is 12.3 Å². The van der Waals surface area contributed by atoms with E-state index in [4.69, 9.17) is 0 Å². The minimum absolute atomic E-state index is 0.0326. The number of rotatable bonds is 1. The molecule has 4 aliphatic carbocycles. The van der Waals surface area contributed by atoms with Crippen LogP contribution in [0.15, 0.2) is 11.6 Å². The van der Waals surface area contributed by atoms with Crippen molar-refractivity contribution in [3.63, 3.8) is 0 Å². The van der Waals surface area contributed by atoms with Gasteiger partial charge in [0.2, 0.25) is 0 Å². The Balaban J connectivity index is 1.74. The zero-order valence-corrected chi connectivity index (χ0v) is 16.0. The van der Waals surface area contributed by atoms with Crippen LogP contribution in [0.3, 0.4) is 0 Å². The van der Waals surface area contributed by atoms with Crippen molar-refractivity contribution in [3.8, 4) is 0 Å². The molecule has 8 atom stereocenters. The van der Waals surface area contributed by atoms with Crippen molar-refractivity contribution in [1.82, 2.24) is 0 Å². The zero-order valence-electron chi connectivity index (χ0n) is 16.0. The molecule has 0 aromatic heterocycles. The van der Waals surface area contributed by atoms with Crippen molar-refractivity contribution in [2.75, 3.05) is 0 Å². The first-order valence-electron chi connectivity index (χ1n) is 10.1. The molecule has 3 nitrogen and oxygen atoms in total. The van der Waals surface area contributed by atoms with Gasteiger partial charge < -0.3 is 5.11 Å². The second-order valence-electron chi connectivity index (χ2n) is 9.97. The molecule has 3 heteroatoms. The van der Waals surface area contributed by atoms with Crippen molar-refractivity contribution in [3.05, 3.63) is 11.6 Å². The molecule has 4 aliphatic rings. The highest BCUT2D eigenvalue weighted by molar-refractivity contribution is 5.91. The molecule has 0 aromatic rings. The van der Waals surface area contributed by atoms with Crippen LogP contribution < -0.4 is 0 Å². The number of hydrogen-bond donors (Lipinski definition) is 1. The average Bonchev–Trinajstić information content (AvgIpc) is 2.77. The Labute approximate surface area is 151 Å². The van der Waals surface area contributed by atoms with Gasteiger partial charge in [0.1, 0.15) is 5.78 Å². The van der Waals surface area contributed by atoms with Gasteiger partial charge in [-0.15, -0.1) is 0 Å². The van der Waals surface area contributed by atoms with E-state index in [1.165, 1.54) is 5.57 Å². The zero-order chi connectivity index (χ0) is 18.1. The standard InChI is InChI=1S/C22H32O3/c1-12-9-17-16-6-5-14-10-15(24)7-8-21(14,3)20(16)18(25)11-22(17,4)19(12)13(2)23/h10,12,16-20,25H,5-9,11H2,1-4H3/t12?,16-,17-,18?,19+,20+,21-,22-/m0/s1. The molecule has 1 N–H and O–H groups in total. The van der Waals surface area contributed by atoms with Gasteiger partial charge in [0.15, 0.2) is 5.78 Å². The molecule has 0 aromatic carbocycles. The van der Waals surface area contributed by atoms with Crippen molar-refractivity contribution < 1.29 is 14.7 Å². The largest absolute Gasteiger partial charge is 0.393 e. The Hall–Kier alpha value is -0.960. The predicted octanol–water partition coefficient (Wildman–Crippen LogP) is 3.94. The first-order valence-corrected chi connectivity index (χ1v) is 10.1. The van der Waals surface area contributed by atoms with E-state index in [1.54, 1.807) is 6.92 Å². The molecule has 138 valence electrons. The number of Topliss-reactive ketones (excluding diaryl/α,β-unsaturated/α-hetero) is 1. The summed E-state index contributed by atoms with van der Waals surface area (Å²) in [5.41, 5.74) is 1.19. The molecule has 0 bridgehead atoms. The Morgan fingerprint density at radius 2 is 2.00 bits per heavy atom. The summed E-state index contributed by atoms with van der Waals surface area (Å²) in [6.07, 6.45) is 6.92. The lowest BCUT2D eigenvalue weighted by Crippen LogP contribution is -2.57. The molecule has 3 fully saturated rings. The highest BCUT2D eigenvalue weighted by Crippen LogP contribution is 2.67. The summed E-state index contributed by atoms with van der Waals surface area (Å²) >= 11 is 0. The highest BCUT2D eigenvalue weighted by atomic mass is 16.3. The third-order valence-corrected chi connectivity index (χ3v) is 8.67. The van der Waals surface area contributed by atoms with Crippen LogP contribution in [0.25, 0.3) is 0 Å². The van der Waals surface area contributed by atoms with Crippen LogP contribution in [0.2, 0.25) is 0 Å². The number of ketones is 2. The minimum atomic E-state index is -0.361. The molecule has 0 heterocycles. The fourth-order valence-corrected chi connectivity index (χ4v) is 7.92. The fraction of sp³-hybridized carbons (Fsp3) is 0.818. The number of aliphatic hydroxyl groups is 1. The molecule has 0 spiro atoms. The van der Waals surface area contributed by atoms with Crippen LogP contribution in [0.5, 0.6) is 0 Å². The SMILES string of the molecule is CC(=O)[C@H]1C(C)C[C@H]2[C@@H]3CCC4=CC(=O)CC[C@]4(C)[C@H]3C(O)C[C@]12C. The van der Waals surface area contributed by atoms with Crippen LogP contribution in [0, 0.1) is 40.4 Å². The van der Waals surface area contributed by atoms with Gasteiger partial charge in [0.05, 0.1) is 6.10 Å². The van der Waals surface area contributed by atoms with Gasteiger partial charge in [-0.3, -0.25) is 9.59 Å². The highest BCUT2D eigenvalue weighted by Gasteiger charge is 2.64. The topological polar surface area (TPSA) is 54.4 Å². The van der Waals surface area contributed by atoms with Crippen molar-refractivity contribution >= 4 is 11.6 Å². The maximum Gasteiger partial charge on any atom is 0.155 e. The van der Waals surface area contributed by atoms with E-state index in [9.17, 15) is 14.7 Å². The number of carbonyl (C=O) groups is 2. The van der Waals surface area contributed by atoms with Crippen LogP contribution in [-0.2, 0) is 9.59 Å². The van der Waals surface area contributed by atoms with Gasteiger partial charge >= 0.3 is 0 Å². The lowest BCUT2D eigenvalue weighted by molar-refractivity contribution is -0.144. The van der Waals surface area contributed by atoms with E-state index >= 15 is 0 Å². The van der Waals surface area contributed by atoms with E-state index in [1.807, 2.05) is 6.08 Å². The molecule has 2 unspecified atom stereocenters. The summed E-state index contributed by atoms with van der Waals surface area (Å²) < 4.78 is 0. The Kier molecular flexibility index (Phi) is 3.85. The average molecular weight is 344 g/mol. The van der Waals surface area contributed by atoms with Gasteiger partial charge in [-0.05, 0) is 79.6 Å². The summed E-state index contributed by atoms with van der Waals surface area (Å²) in [6, 6.07) is 0. The minimum Gasteiger partial charge on any atom is -0.393 e. The summed E-state index contributed by atoms with van der Waals surface area (Å²) in [6.45, 7) is 8.52. The second kappa shape index (κ2) is 5.52. The number of hydrogen-bond acceptors (Lipinski definition) is 3. The van der Waals surface area contributed by atoms with Gasteiger partial charge in [-0.1, -0.05) is 26.3 Å². The van der Waals surface area contributed by atoms with Crippen LogP contribution in [0.4, 0.5) is 0 Å². The van der Waals surface area contributed by atoms with Crippen molar-refractivity contribution in [1.29, 1.82) is 0 Å². The van der Waals surface area contributed by atoms with E-state index in [2.05, 4.69) is 20.8 Å². The van der Waals surface area contributed by atoms with E-state index in [-0.39, 0.29) is 34.6 Å². The Morgan fingerprint density at radius 3 is 2.68 bits per heavy atom. The summed E-state index contributed by atoms with van der Waals surface area (Å²) in [5, 5.41) is 11.2. The quantitative estimate of drug-likeness (QED) is 0.784. The molecule has 0 amide bonds. The third kappa shape index (κ3) is 2.27. The van der Waals surface area contributed by atoms with Gasteiger partial charge in [-0.2, -0.15) is 0 Å². The molecule has 0 saturated heterocycles. The lowest BCUT2D eigenvalue weighted by Gasteiger charge is -2.59. The molecule has 25 heavy (non-hydrogen) atoms. The molecule has 0 aliphatic heterocycles. The normalized spacial score (nSPS) is 52.0. The monoisotopic (exact) mass is 344 g/mol. The molecular weight excluding hydrogens is 312 g/mol. The Morgan fingerprint density at radius 1 is 1.28 bits per heavy atom. The van der Waals surface area contributed by atoms with Crippen LogP contribution in [0.1, 0.15) is 66.2 Å². The first-order chi connectivity index (χ1) is 11.7. The maximum atomic E-state index is 12.4. The van der Waals surface area contributed by atoms with Crippen LogP contribution in [-0.4, -0.2) is 22.8 Å². The molecule has 3 saturated carbocycles. The van der Waals surface area contributed by atoms with Crippen molar-refractivity contribution in [2.45, 2.75) is 72.3 Å². The third-order valence-electron chi connectivity index (χ3n) is 8.67. The maximum absolute atomic E-state index is 12.4. The fourth-order valence-electron chi connectivity index (χ4n) is 7.92. The second-order valence-corrected chi connectivity index (χ2v) is 9.97. The number of allylic oxidation sites excluding steroid dienone is 1. The molecule has 0 radical (unpaired) electrons. The number of carbonyl (C=O) groups excluding carboxylic acids is 2. The summed E-state index contributed by atoms with van der Waals surface area (Å²) in [4.78, 5) is 24.3. The van der Waals surface area contributed by atoms with E-state index in [0.29, 0.717) is 30.0 Å². The van der Waals surface area contributed by atoms with Gasteiger partial charge in [-0.25, -0.2) is 0 Å². The van der Waals surface area contributed by atoms with Crippen LogP contribution >= 0.6 is 0 Å². The smallest absolute Gasteiger partial charge is 0.155 e. The van der Waals surface area contributed by atoms with E-state index < -0.39 is 0 Å². The van der Waals surface area contributed by atoms with Gasteiger partial charge in [0.25, 0.3) is 0 Å². The summed E-state index contributed by atoms with van der Waals surface area (Å²) in [7, 11) is 0. The van der Waals surface area contributed by atoms with E-state index in [0.717, 1.165) is 32.1 Å². The van der Waals surface area contributed by atoms with Crippen molar-refractivity contribution in [2.24, 2.45) is 40.4 Å². The lowest BCUT2D eigenvalue weighted by atomic mass is 9.46. The molecular formula is C22H32O3. The number of fused-ring (bicyclic) bond motifs is 5. The predicted molar refractivity (Wildman–Crippen MR) is 96.8 cm³/mol.